The predicted octanol–water partition coefficient (Wildman–Crippen LogP) is 4.99. The van der Waals surface area contributed by atoms with Crippen molar-refractivity contribution < 1.29 is 19.1 Å². The van der Waals surface area contributed by atoms with Crippen LogP contribution in [-0.2, 0) is 0 Å². The second-order valence-electron chi connectivity index (χ2n) is 6.01. The molecule has 0 aliphatic rings. The molecule has 0 aliphatic heterocycles. The van der Waals surface area contributed by atoms with Gasteiger partial charge in [0.25, 0.3) is 5.91 Å². The van der Waals surface area contributed by atoms with Crippen LogP contribution in [0.1, 0.15) is 26.3 Å². The smallest absolute Gasteiger partial charge is 0.345 e. The van der Waals surface area contributed by atoms with E-state index in [9.17, 15) is 9.59 Å². The first-order chi connectivity index (χ1) is 14.5. The van der Waals surface area contributed by atoms with Gasteiger partial charge in [0, 0.05) is 10.6 Å². The maximum absolute atomic E-state index is 12.3. The summed E-state index contributed by atoms with van der Waals surface area (Å²) in [6, 6.07) is 17.8. The van der Waals surface area contributed by atoms with Crippen molar-refractivity contribution in [1.82, 2.24) is 5.43 Å². The highest BCUT2D eigenvalue weighted by Gasteiger charge is 2.13. The third kappa shape index (κ3) is 5.59. The molecule has 0 fully saturated rings. The van der Waals surface area contributed by atoms with Crippen LogP contribution >= 0.6 is 23.2 Å². The summed E-state index contributed by atoms with van der Waals surface area (Å²) in [5.74, 6) is -0.0230. The van der Waals surface area contributed by atoms with Crippen molar-refractivity contribution in [1.29, 1.82) is 0 Å². The first-order valence-corrected chi connectivity index (χ1v) is 9.46. The number of rotatable bonds is 6. The largest absolute Gasteiger partial charge is 0.497 e. The van der Waals surface area contributed by atoms with E-state index in [2.05, 4.69) is 10.5 Å². The van der Waals surface area contributed by atoms with Gasteiger partial charge in [-0.3, -0.25) is 4.79 Å². The molecule has 0 unspecified atom stereocenters. The summed E-state index contributed by atoms with van der Waals surface area (Å²) in [4.78, 5) is 24.4. The number of carbonyl (C=O) groups is 2. The van der Waals surface area contributed by atoms with Gasteiger partial charge in [-0.2, -0.15) is 5.10 Å². The molecule has 8 heteroatoms. The van der Waals surface area contributed by atoms with E-state index in [-0.39, 0.29) is 16.5 Å². The zero-order valence-electron chi connectivity index (χ0n) is 15.8. The third-order valence-electron chi connectivity index (χ3n) is 3.95. The predicted molar refractivity (Wildman–Crippen MR) is 116 cm³/mol. The number of halogens is 2. The maximum Gasteiger partial charge on any atom is 0.345 e. The van der Waals surface area contributed by atoms with Crippen LogP contribution in [0.3, 0.4) is 0 Å². The fraction of sp³-hybridized carbons (Fsp3) is 0.0455. The van der Waals surface area contributed by atoms with Crippen molar-refractivity contribution in [2.45, 2.75) is 0 Å². The van der Waals surface area contributed by atoms with Gasteiger partial charge in [0.05, 0.1) is 23.9 Å². The molecule has 0 bridgehead atoms. The lowest BCUT2D eigenvalue weighted by Gasteiger charge is -2.07. The number of hydrogen-bond acceptors (Lipinski definition) is 5. The molecule has 1 amide bonds. The molecule has 3 rings (SSSR count). The minimum absolute atomic E-state index is 0.200. The van der Waals surface area contributed by atoms with Crippen molar-refractivity contribution in [3.63, 3.8) is 0 Å². The minimum Gasteiger partial charge on any atom is -0.497 e. The van der Waals surface area contributed by atoms with E-state index < -0.39 is 5.97 Å². The monoisotopic (exact) mass is 442 g/mol. The Bertz CT molecular complexity index is 1100. The summed E-state index contributed by atoms with van der Waals surface area (Å²) in [6.45, 7) is 0. The Labute approximate surface area is 183 Å². The highest BCUT2D eigenvalue weighted by atomic mass is 35.5. The summed E-state index contributed by atoms with van der Waals surface area (Å²) < 4.78 is 10.4. The average molecular weight is 443 g/mol. The molecule has 1 N–H and O–H groups in total. The standard InChI is InChI=1S/C22H16Cl2N2O4/c1-29-17-8-5-15(6-9-17)21(27)26-25-13-14-3-2-4-18(11-14)30-22(28)19-10-7-16(23)12-20(19)24/h2-13H,1H3,(H,26,27). The Morgan fingerprint density at radius 1 is 0.967 bits per heavy atom. The molecule has 30 heavy (non-hydrogen) atoms. The molecule has 0 radical (unpaired) electrons. The highest BCUT2D eigenvalue weighted by molar-refractivity contribution is 6.36. The van der Waals surface area contributed by atoms with Gasteiger partial charge in [0.15, 0.2) is 0 Å². The highest BCUT2D eigenvalue weighted by Crippen LogP contribution is 2.23. The number of methoxy groups -OCH3 is 1. The summed E-state index contributed by atoms with van der Waals surface area (Å²) in [5.41, 5.74) is 3.70. The van der Waals surface area contributed by atoms with Crippen molar-refractivity contribution in [3.8, 4) is 11.5 Å². The van der Waals surface area contributed by atoms with Gasteiger partial charge in [0.1, 0.15) is 11.5 Å². The number of hydrogen-bond donors (Lipinski definition) is 1. The van der Waals surface area contributed by atoms with Crippen LogP contribution < -0.4 is 14.9 Å². The Hall–Kier alpha value is -3.35. The molecule has 0 atom stereocenters. The van der Waals surface area contributed by atoms with Crippen LogP contribution in [0.2, 0.25) is 10.0 Å². The average Bonchev–Trinajstić information content (AvgIpc) is 2.74. The molecule has 3 aromatic rings. The second-order valence-corrected chi connectivity index (χ2v) is 6.86. The van der Waals surface area contributed by atoms with Crippen LogP contribution in [0.25, 0.3) is 0 Å². The van der Waals surface area contributed by atoms with Crippen LogP contribution in [0.15, 0.2) is 71.8 Å². The van der Waals surface area contributed by atoms with Gasteiger partial charge in [-0.15, -0.1) is 0 Å². The van der Waals surface area contributed by atoms with E-state index >= 15 is 0 Å². The zero-order chi connectivity index (χ0) is 21.5. The number of nitrogens with zero attached hydrogens (tertiary/aromatic N) is 1. The lowest BCUT2D eigenvalue weighted by molar-refractivity contribution is 0.0734. The lowest BCUT2D eigenvalue weighted by Crippen LogP contribution is -2.17. The van der Waals surface area contributed by atoms with Gasteiger partial charge in [0.2, 0.25) is 0 Å². The third-order valence-corrected chi connectivity index (χ3v) is 4.50. The fourth-order valence-electron chi connectivity index (χ4n) is 2.45. The van der Waals surface area contributed by atoms with Crippen LogP contribution in [0.5, 0.6) is 11.5 Å². The van der Waals surface area contributed by atoms with E-state index in [4.69, 9.17) is 32.7 Å². The van der Waals surface area contributed by atoms with E-state index in [1.165, 1.54) is 18.3 Å². The van der Waals surface area contributed by atoms with Crippen molar-refractivity contribution in [3.05, 3.63) is 93.5 Å². The summed E-state index contributed by atoms with van der Waals surface area (Å²) in [5, 5.41) is 4.55. The van der Waals surface area contributed by atoms with E-state index in [0.29, 0.717) is 27.6 Å². The molecule has 6 nitrogen and oxygen atoms in total. The number of nitrogens with one attached hydrogen (secondary N) is 1. The van der Waals surface area contributed by atoms with Crippen LogP contribution in [0, 0.1) is 0 Å². The van der Waals surface area contributed by atoms with Gasteiger partial charge < -0.3 is 9.47 Å². The zero-order valence-corrected chi connectivity index (χ0v) is 17.3. The molecular weight excluding hydrogens is 427 g/mol. The Balaban J connectivity index is 1.63. The molecule has 3 aromatic carbocycles. The number of ether oxygens (including phenoxy) is 2. The van der Waals surface area contributed by atoms with Crippen LogP contribution in [0.4, 0.5) is 0 Å². The number of carbonyl (C=O) groups excluding carboxylic acids is 2. The fourth-order valence-corrected chi connectivity index (χ4v) is 2.93. The van der Waals surface area contributed by atoms with E-state index in [1.54, 1.807) is 61.7 Å². The molecule has 0 saturated carbocycles. The number of benzene rings is 3. The first-order valence-electron chi connectivity index (χ1n) is 8.71. The van der Waals surface area contributed by atoms with Gasteiger partial charge in [-0.1, -0.05) is 35.3 Å². The van der Waals surface area contributed by atoms with Crippen LogP contribution in [-0.4, -0.2) is 25.2 Å². The molecule has 0 aliphatic carbocycles. The van der Waals surface area contributed by atoms with Crippen molar-refractivity contribution in [2.75, 3.05) is 7.11 Å². The Morgan fingerprint density at radius 2 is 1.73 bits per heavy atom. The summed E-state index contributed by atoms with van der Waals surface area (Å²) in [6.07, 6.45) is 1.44. The van der Waals surface area contributed by atoms with Gasteiger partial charge >= 0.3 is 5.97 Å². The Kier molecular flexibility index (Phi) is 7.06. The van der Waals surface area contributed by atoms with Crippen molar-refractivity contribution >= 4 is 41.3 Å². The minimum atomic E-state index is -0.612. The summed E-state index contributed by atoms with van der Waals surface area (Å²) in [7, 11) is 1.55. The second kappa shape index (κ2) is 9.91. The SMILES string of the molecule is COc1ccc(C(=O)NN=Cc2cccc(OC(=O)c3ccc(Cl)cc3Cl)c2)cc1. The molecule has 0 saturated heterocycles. The molecular formula is C22H16Cl2N2O4. The molecule has 0 aromatic heterocycles. The number of amides is 1. The number of hydrazone groups is 1. The lowest BCUT2D eigenvalue weighted by atomic mass is 10.2. The van der Waals surface area contributed by atoms with Gasteiger partial charge in [-0.05, 0) is 60.2 Å². The van der Waals surface area contributed by atoms with Crippen molar-refractivity contribution in [2.24, 2.45) is 5.10 Å². The Morgan fingerprint density at radius 3 is 2.43 bits per heavy atom. The molecule has 0 spiro atoms. The normalized spacial score (nSPS) is 10.6. The van der Waals surface area contributed by atoms with E-state index in [1.807, 2.05) is 0 Å². The van der Waals surface area contributed by atoms with Gasteiger partial charge in [-0.25, -0.2) is 10.2 Å². The maximum atomic E-state index is 12.3. The molecule has 152 valence electrons. The van der Waals surface area contributed by atoms with E-state index in [0.717, 1.165) is 0 Å². The summed E-state index contributed by atoms with van der Waals surface area (Å²) >= 11 is 11.9. The molecule has 0 heterocycles. The first kappa shape index (κ1) is 21.4. The topological polar surface area (TPSA) is 77.0 Å². The number of esters is 1. The quantitative estimate of drug-likeness (QED) is 0.252.